The van der Waals surface area contributed by atoms with Gasteiger partial charge < -0.3 is 9.64 Å². The molecule has 0 aliphatic carbocycles. The molecule has 1 amide bonds. The van der Waals surface area contributed by atoms with Crippen LogP contribution < -0.4 is 9.64 Å². The third kappa shape index (κ3) is 2.85. The summed E-state index contributed by atoms with van der Waals surface area (Å²) >= 11 is 1.36. The number of nitrogens with zero attached hydrogens (tertiary/aromatic N) is 2. The molecule has 22 heavy (non-hydrogen) atoms. The minimum absolute atomic E-state index is 0.0821. The highest BCUT2D eigenvalue weighted by Gasteiger charge is 2.49. The first kappa shape index (κ1) is 15.4. The summed E-state index contributed by atoms with van der Waals surface area (Å²) in [6, 6.07) is 7.15. The van der Waals surface area contributed by atoms with E-state index in [1.54, 1.807) is 7.11 Å². The van der Waals surface area contributed by atoms with Crippen LogP contribution in [-0.4, -0.2) is 49.4 Å². The Morgan fingerprint density at radius 1 is 1.41 bits per heavy atom. The van der Waals surface area contributed by atoms with Gasteiger partial charge in [0, 0.05) is 23.9 Å². The van der Waals surface area contributed by atoms with Gasteiger partial charge in [0.25, 0.3) is 0 Å². The molecule has 1 aromatic carbocycles. The maximum Gasteiger partial charge on any atom is 0.244 e. The van der Waals surface area contributed by atoms with Gasteiger partial charge in [0.15, 0.2) is 15.0 Å². The summed E-state index contributed by atoms with van der Waals surface area (Å²) in [5, 5.41) is 0.472. The summed E-state index contributed by atoms with van der Waals surface area (Å²) in [4.78, 5) is 17.3. The molecule has 0 saturated carbocycles. The van der Waals surface area contributed by atoms with E-state index in [-0.39, 0.29) is 28.7 Å². The summed E-state index contributed by atoms with van der Waals surface area (Å²) in [6.45, 7) is 1.39. The number of amidine groups is 1. The van der Waals surface area contributed by atoms with Crippen molar-refractivity contribution in [2.45, 2.75) is 18.2 Å². The standard InChI is InChI=1S/C14H16N2O4S2/c1-9(17)15-14-16(10-4-3-5-11(6-10)20-2)12-7-22(18,19)8-13(12)21-14/h3-6,12-13H,7-8H2,1-2H3/t12-,13-/m1/s1. The van der Waals surface area contributed by atoms with Crippen molar-refractivity contribution in [1.82, 2.24) is 0 Å². The van der Waals surface area contributed by atoms with Crippen molar-refractivity contribution in [1.29, 1.82) is 0 Å². The minimum Gasteiger partial charge on any atom is -0.497 e. The van der Waals surface area contributed by atoms with Crippen molar-refractivity contribution < 1.29 is 17.9 Å². The maximum absolute atomic E-state index is 11.9. The van der Waals surface area contributed by atoms with Gasteiger partial charge in [-0.3, -0.25) is 4.79 Å². The number of benzene rings is 1. The zero-order chi connectivity index (χ0) is 15.9. The Kier molecular flexibility index (Phi) is 3.90. The van der Waals surface area contributed by atoms with Crippen molar-refractivity contribution >= 4 is 38.4 Å². The second-order valence-electron chi connectivity index (χ2n) is 5.29. The van der Waals surface area contributed by atoms with Crippen molar-refractivity contribution in [3.8, 4) is 5.75 Å². The van der Waals surface area contributed by atoms with Crippen molar-refractivity contribution in [3.63, 3.8) is 0 Å². The highest BCUT2D eigenvalue weighted by molar-refractivity contribution is 8.16. The molecule has 0 unspecified atom stereocenters. The second kappa shape index (κ2) is 5.58. The number of methoxy groups -OCH3 is 1. The van der Waals surface area contributed by atoms with Gasteiger partial charge in [-0.2, -0.15) is 4.99 Å². The molecule has 0 bridgehead atoms. The van der Waals surface area contributed by atoms with E-state index in [1.807, 2.05) is 29.2 Å². The van der Waals surface area contributed by atoms with Crippen LogP contribution in [0, 0.1) is 0 Å². The smallest absolute Gasteiger partial charge is 0.244 e. The SMILES string of the molecule is COc1cccc(N2C(=NC(C)=O)S[C@@H]3CS(=O)(=O)C[C@H]32)c1. The van der Waals surface area contributed by atoms with E-state index < -0.39 is 9.84 Å². The fourth-order valence-electron chi connectivity index (χ4n) is 2.76. The lowest BCUT2D eigenvalue weighted by atomic mass is 10.2. The summed E-state index contributed by atoms with van der Waals surface area (Å²) < 4.78 is 29.0. The first-order chi connectivity index (χ1) is 10.4. The molecule has 2 aliphatic heterocycles. The predicted molar refractivity (Wildman–Crippen MR) is 87.4 cm³/mol. The number of rotatable bonds is 2. The van der Waals surface area contributed by atoms with Crippen LogP contribution in [0.1, 0.15) is 6.92 Å². The van der Waals surface area contributed by atoms with Gasteiger partial charge in [-0.15, -0.1) is 0 Å². The molecule has 0 aromatic heterocycles. The normalized spacial score (nSPS) is 27.9. The average Bonchev–Trinajstić information content (AvgIpc) is 2.89. The molecule has 1 aromatic rings. The quantitative estimate of drug-likeness (QED) is 0.808. The predicted octanol–water partition coefficient (Wildman–Crippen LogP) is 1.32. The average molecular weight is 340 g/mol. The highest BCUT2D eigenvalue weighted by Crippen LogP contribution is 2.41. The largest absolute Gasteiger partial charge is 0.497 e. The van der Waals surface area contributed by atoms with Crippen LogP contribution in [0.2, 0.25) is 0 Å². The highest BCUT2D eigenvalue weighted by atomic mass is 32.2. The lowest BCUT2D eigenvalue weighted by molar-refractivity contribution is -0.115. The van der Waals surface area contributed by atoms with Gasteiger partial charge in [0.05, 0.1) is 24.7 Å². The van der Waals surface area contributed by atoms with Crippen molar-refractivity contribution in [2.75, 3.05) is 23.5 Å². The fraction of sp³-hybridized carbons (Fsp3) is 0.429. The zero-order valence-electron chi connectivity index (χ0n) is 12.2. The van der Waals surface area contributed by atoms with Gasteiger partial charge in [-0.25, -0.2) is 8.42 Å². The number of sulfone groups is 1. The van der Waals surface area contributed by atoms with Crippen molar-refractivity contribution in [2.24, 2.45) is 4.99 Å². The summed E-state index contributed by atoms with van der Waals surface area (Å²) in [6.07, 6.45) is 0. The van der Waals surface area contributed by atoms with E-state index in [2.05, 4.69) is 4.99 Å². The molecule has 0 N–H and O–H groups in total. The molecule has 118 valence electrons. The molecule has 2 aliphatic rings. The monoisotopic (exact) mass is 340 g/mol. The molecule has 2 heterocycles. The zero-order valence-corrected chi connectivity index (χ0v) is 13.9. The fourth-order valence-corrected chi connectivity index (χ4v) is 6.72. The number of hydrogen-bond donors (Lipinski definition) is 0. The number of aliphatic imine (C=N–C) groups is 1. The molecule has 2 fully saturated rings. The number of carbonyl (C=O) groups is 1. The van der Waals surface area contributed by atoms with Gasteiger partial charge >= 0.3 is 0 Å². The number of carbonyl (C=O) groups excluding carboxylic acids is 1. The van der Waals surface area contributed by atoms with Crippen LogP contribution in [0.25, 0.3) is 0 Å². The Labute approximate surface area is 133 Å². The molecule has 8 heteroatoms. The molecular formula is C14H16N2O4S2. The lowest BCUT2D eigenvalue weighted by Gasteiger charge is -2.24. The van der Waals surface area contributed by atoms with Crippen LogP contribution in [0.4, 0.5) is 5.69 Å². The Hall–Kier alpha value is -1.54. The third-order valence-corrected chi connectivity index (χ3v) is 6.86. The number of amides is 1. The van der Waals surface area contributed by atoms with Crippen molar-refractivity contribution in [3.05, 3.63) is 24.3 Å². The van der Waals surface area contributed by atoms with E-state index >= 15 is 0 Å². The Balaban J connectivity index is 2.04. The summed E-state index contributed by atoms with van der Waals surface area (Å²) in [5.74, 6) is 0.589. The number of fused-ring (bicyclic) bond motifs is 1. The maximum atomic E-state index is 11.9. The van der Waals surface area contributed by atoms with Gasteiger partial charge in [-0.05, 0) is 12.1 Å². The van der Waals surface area contributed by atoms with E-state index in [4.69, 9.17) is 4.74 Å². The first-order valence-corrected chi connectivity index (χ1v) is 9.49. The van der Waals surface area contributed by atoms with Crippen LogP contribution in [0.15, 0.2) is 29.3 Å². The Morgan fingerprint density at radius 3 is 2.86 bits per heavy atom. The molecule has 2 saturated heterocycles. The number of thioether (sulfide) groups is 1. The van der Waals surface area contributed by atoms with Crippen LogP contribution in [-0.2, 0) is 14.6 Å². The van der Waals surface area contributed by atoms with Gasteiger partial charge in [0.1, 0.15) is 5.75 Å². The molecule has 6 nitrogen and oxygen atoms in total. The molecule has 0 spiro atoms. The van der Waals surface area contributed by atoms with Gasteiger partial charge in [-0.1, -0.05) is 17.8 Å². The Morgan fingerprint density at radius 2 is 2.18 bits per heavy atom. The third-order valence-electron chi connectivity index (χ3n) is 3.65. The number of anilines is 1. The minimum atomic E-state index is -3.05. The molecular weight excluding hydrogens is 324 g/mol. The summed E-state index contributed by atoms with van der Waals surface area (Å²) in [7, 11) is -1.47. The van der Waals surface area contributed by atoms with Crippen LogP contribution >= 0.6 is 11.8 Å². The van der Waals surface area contributed by atoms with E-state index in [0.717, 1.165) is 5.69 Å². The molecule has 2 atom stereocenters. The van der Waals surface area contributed by atoms with E-state index in [1.165, 1.54) is 18.7 Å². The number of ether oxygens (including phenoxy) is 1. The van der Waals surface area contributed by atoms with E-state index in [0.29, 0.717) is 10.9 Å². The van der Waals surface area contributed by atoms with E-state index in [9.17, 15) is 13.2 Å². The topological polar surface area (TPSA) is 76.0 Å². The second-order valence-corrected chi connectivity index (χ2v) is 8.65. The summed E-state index contributed by atoms with van der Waals surface area (Å²) in [5.41, 5.74) is 0.788. The van der Waals surface area contributed by atoms with Gasteiger partial charge in [0.2, 0.25) is 5.91 Å². The first-order valence-electron chi connectivity index (χ1n) is 6.79. The number of hydrogen-bond acceptors (Lipinski definition) is 5. The van der Waals surface area contributed by atoms with Crippen LogP contribution in [0.3, 0.4) is 0 Å². The lowest BCUT2D eigenvalue weighted by Crippen LogP contribution is -2.37. The molecule has 0 radical (unpaired) electrons. The Bertz CT molecular complexity index is 745. The van der Waals surface area contributed by atoms with Crippen LogP contribution in [0.5, 0.6) is 5.75 Å². The molecule has 3 rings (SSSR count).